The molecule has 30 heavy (non-hydrogen) atoms. The predicted molar refractivity (Wildman–Crippen MR) is 117 cm³/mol. The summed E-state index contributed by atoms with van der Waals surface area (Å²) in [6, 6.07) is 17.5. The number of ether oxygens (including phenoxy) is 1. The molecule has 0 bridgehead atoms. The quantitative estimate of drug-likeness (QED) is 0.574. The number of aromatic nitrogens is 1. The average Bonchev–Trinajstić information content (AvgIpc) is 3.18. The van der Waals surface area contributed by atoms with Crippen LogP contribution >= 0.6 is 0 Å². The summed E-state index contributed by atoms with van der Waals surface area (Å²) in [5.41, 5.74) is 1.15. The second-order valence-corrected chi connectivity index (χ2v) is 8.78. The summed E-state index contributed by atoms with van der Waals surface area (Å²) >= 11 is 0. The number of likely N-dealkylation sites (tertiary alicyclic amines) is 1. The summed E-state index contributed by atoms with van der Waals surface area (Å²) in [4.78, 5) is 32.3. The number of pyridine rings is 1. The maximum Gasteiger partial charge on any atom is 0.410 e. The molecule has 2 heterocycles. The van der Waals surface area contributed by atoms with E-state index < -0.39 is 5.60 Å². The van der Waals surface area contributed by atoms with Crippen molar-refractivity contribution in [3.8, 4) is 0 Å². The summed E-state index contributed by atoms with van der Waals surface area (Å²) in [6.07, 6.45) is 3.10. The minimum absolute atomic E-state index is 0.0479. The Labute approximate surface area is 176 Å². The molecule has 0 saturated carbocycles. The molecular weight excluding hydrogens is 376 g/mol. The molecule has 1 aromatic heterocycles. The van der Waals surface area contributed by atoms with E-state index in [9.17, 15) is 9.59 Å². The summed E-state index contributed by atoms with van der Waals surface area (Å²) in [5.74, 6) is -0.367. The molecule has 0 spiro atoms. The van der Waals surface area contributed by atoms with E-state index in [1.165, 1.54) is 0 Å². The third-order valence-electron chi connectivity index (χ3n) is 5.48. The highest BCUT2D eigenvalue weighted by Gasteiger charge is 2.42. The van der Waals surface area contributed by atoms with Crippen LogP contribution in [0.15, 0.2) is 67.0 Å². The standard InChI is InChI=1S/C25H26N2O3/c1-25(2,3)30-24(29)27-15-21(17-8-5-4-6-9-17)22(16-27)23(28)20-11-7-10-18-14-26-13-12-19(18)20/h4-14,21-22H,15-16H2,1-3H3/t21-,22+/m0/s1. The van der Waals surface area contributed by atoms with Gasteiger partial charge in [0.15, 0.2) is 5.78 Å². The molecule has 1 saturated heterocycles. The molecule has 5 nitrogen and oxygen atoms in total. The van der Waals surface area contributed by atoms with Crippen LogP contribution in [0.25, 0.3) is 10.8 Å². The van der Waals surface area contributed by atoms with Gasteiger partial charge in [-0.05, 0) is 37.8 Å². The molecule has 1 aliphatic heterocycles. The number of nitrogens with zero attached hydrogens (tertiary/aromatic N) is 2. The fraction of sp³-hybridized carbons (Fsp3) is 0.320. The Morgan fingerprint density at radius 3 is 2.50 bits per heavy atom. The number of benzene rings is 2. The zero-order chi connectivity index (χ0) is 21.3. The smallest absolute Gasteiger partial charge is 0.410 e. The summed E-state index contributed by atoms with van der Waals surface area (Å²) in [7, 11) is 0. The molecule has 154 valence electrons. The average molecular weight is 402 g/mol. The van der Waals surface area contributed by atoms with Crippen LogP contribution in [0, 0.1) is 5.92 Å². The van der Waals surface area contributed by atoms with Gasteiger partial charge >= 0.3 is 6.09 Å². The van der Waals surface area contributed by atoms with Gasteiger partial charge in [-0.1, -0.05) is 48.5 Å². The highest BCUT2D eigenvalue weighted by atomic mass is 16.6. The molecule has 3 aromatic rings. The van der Waals surface area contributed by atoms with Crippen LogP contribution in [0.2, 0.25) is 0 Å². The molecule has 1 fully saturated rings. The fourth-order valence-corrected chi connectivity index (χ4v) is 4.12. The van der Waals surface area contributed by atoms with Crippen LogP contribution in [0.5, 0.6) is 0 Å². The first-order valence-electron chi connectivity index (χ1n) is 10.2. The Hall–Kier alpha value is -3.21. The van der Waals surface area contributed by atoms with Gasteiger partial charge in [0.2, 0.25) is 0 Å². The molecule has 2 atom stereocenters. The Morgan fingerprint density at radius 1 is 1.00 bits per heavy atom. The second-order valence-electron chi connectivity index (χ2n) is 8.78. The summed E-state index contributed by atoms with van der Waals surface area (Å²) in [6.45, 7) is 6.35. The monoisotopic (exact) mass is 402 g/mol. The van der Waals surface area contributed by atoms with E-state index in [0.717, 1.165) is 16.3 Å². The van der Waals surface area contributed by atoms with Crippen molar-refractivity contribution >= 4 is 22.6 Å². The van der Waals surface area contributed by atoms with E-state index in [1.54, 1.807) is 17.3 Å². The fourth-order valence-electron chi connectivity index (χ4n) is 4.12. The molecule has 2 aromatic carbocycles. The van der Waals surface area contributed by atoms with Gasteiger partial charge in [0.05, 0.1) is 0 Å². The number of amides is 1. The van der Waals surface area contributed by atoms with Gasteiger partial charge in [0, 0.05) is 48.3 Å². The number of rotatable bonds is 3. The van der Waals surface area contributed by atoms with Crippen molar-refractivity contribution in [2.75, 3.05) is 13.1 Å². The first kappa shape index (κ1) is 20.1. The molecule has 0 aliphatic carbocycles. The number of fused-ring (bicyclic) bond motifs is 1. The lowest BCUT2D eigenvalue weighted by molar-refractivity contribution is 0.0288. The first-order valence-corrected chi connectivity index (χ1v) is 10.2. The van der Waals surface area contributed by atoms with E-state index in [4.69, 9.17) is 4.74 Å². The number of Topliss-reactive ketones (excluding diaryl/α,β-unsaturated/α-hetero) is 1. The molecule has 1 amide bonds. The Morgan fingerprint density at radius 2 is 1.77 bits per heavy atom. The zero-order valence-corrected chi connectivity index (χ0v) is 17.5. The van der Waals surface area contributed by atoms with E-state index >= 15 is 0 Å². The van der Waals surface area contributed by atoms with Crippen LogP contribution in [-0.4, -0.2) is 40.5 Å². The van der Waals surface area contributed by atoms with Crippen LogP contribution in [0.1, 0.15) is 42.6 Å². The number of carbonyl (C=O) groups excluding carboxylic acids is 2. The molecular formula is C25H26N2O3. The second kappa shape index (κ2) is 7.90. The summed E-state index contributed by atoms with van der Waals surface area (Å²) < 4.78 is 5.58. The maximum atomic E-state index is 13.7. The zero-order valence-electron chi connectivity index (χ0n) is 17.5. The van der Waals surface area contributed by atoms with Crippen LogP contribution in [0.3, 0.4) is 0 Å². The highest BCUT2D eigenvalue weighted by molar-refractivity contribution is 6.09. The normalized spacial score (nSPS) is 19.1. The van der Waals surface area contributed by atoms with Gasteiger partial charge in [-0.15, -0.1) is 0 Å². The van der Waals surface area contributed by atoms with Gasteiger partial charge in [-0.2, -0.15) is 0 Å². The highest BCUT2D eigenvalue weighted by Crippen LogP contribution is 2.36. The third kappa shape index (κ3) is 4.06. The molecule has 0 unspecified atom stereocenters. The minimum Gasteiger partial charge on any atom is -0.444 e. The SMILES string of the molecule is CC(C)(C)OC(=O)N1C[C@@H](C(=O)c2cccc3cnccc23)[C@H](c2ccccc2)C1. The maximum absolute atomic E-state index is 13.7. The Kier molecular flexibility index (Phi) is 5.29. The minimum atomic E-state index is -0.579. The van der Waals surface area contributed by atoms with E-state index in [-0.39, 0.29) is 23.7 Å². The number of carbonyl (C=O) groups is 2. The van der Waals surface area contributed by atoms with Crippen LogP contribution in [0.4, 0.5) is 4.79 Å². The predicted octanol–water partition coefficient (Wildman–Crippen LogP) is 5.07. The van der Waals surface area contributed by atoms with Crippen molar-refractivity contribution in [3.63, 3.8) is 0 Å². The molecule has 5 heteroatoms. The van der Waals surface area contributed by atoms with Crippen molar-refractivity contribution in [2.24, 2.45) is 5.92 Å². The lowest BCUT2D eigenvalue weighted by Gasteiger charge is -2.24. The topological polar surface area (TPSA) is 59.5 Å². The van der Waals surface area contributed by atoms with Gasteiger partial charge in [0.1, 0.15) is 5.60 Å². The Balaban J connectivity index is 1.69. The van der Waals surface area contributed by atoms with Gasteiger partial charge in [0.25, 0.3) is 0 Å². The van der Waals surface area contributed by atoms with Crippen LogP contribution in [-0.2, 0) is 4.74 Å². The first-order chi connectivity index (χ1) is 14.3. The van der Waals surface area contributed by atoms with Gasteiger partial charge in [-0.3, -0.25) is 9.78 Å². The third-order valence-corrected chi connectivity index (χ3v) is 5.48. The Bertz CT molecular complexity index is 1070. The van der Waals surface area contributed by atoms with Crippen molar-refractivity contribution in [2.45, 2.75) is 32.3 Å². The molecule has 1 aliphatic rings. The van der Waals surface area contributed by atoms with Crippen molar-refractivity contribution in [1.29, 1.82) is 0 Å². The molecule has 0 radical (unpaired) electrons. The number of hydrogen-bond donors (Lipinski definition) is 0. The molecule has 0 N–H and O–H groups in total. The van der Waals surface area contributed by atoms with Crippen molar-refractivity contribution in [1.82, 2.24) is 9.88 Å². The van der Waals surface area contributed by atoms with E-state index in [0.29, 0.717) is 18.7 Å². The molecule has 4 rings (SSSR count). The number of hydrogen-bond acceptors (Lipinski definition) is 4. The van der Waals surface area contributed by atoms with Gasteiger partial charge < -0.3 is 9.64 Å². The van der Waals surface area contributed by atoms with E-state index in [2.05, 4.69) is 4.98 Å². The summed E-state index contributed by atoms with van der Waals surface area (Å²) in [5, 5.41) is 1.82. The lowest BCUT2D eigenvalue weighted by Crippen LogP contribution is -2.36. The van der Waals surface area contributed by atoms with Gasteiger partial charge in [-0.25, -0.2) is 4.79 Å². The van der Waals surface area contributed by atoms with E-state index in [1.807, 2.05) is 75.4 Å². The van der Waals surface area contributed by atoms with Crippen molar-refractivity contribution in [3.05, 3.63) is 78.1 Å². The lowest BCUT2D eigenvalue weighted by atomic mass is 9.83. The largest absolute Gasteiger partial charge is 0.444 e. The van der Waals surface area contributed by atoms with Crippen molar-refractivity contribution < 1.29 is 14.3 Å². The number of ketones is 1. The van der Waals surface area contributed by atoms with Crippen LogP contribution < -0.4 is 0 Å².